The van der Waals surface area contributed by atoms with Gasteiger partial charge in [-0.25, -0.2) is 4.98 Å². The van der Waals surface area contributed by atoms with Crippen LogP contribution in [0.2, 0.25) is 0 Å². The quantitative estimate of drug-likeness (QED) is 0.839. The van der Waals surface area contributed by atoms with E-state index in [1.165, 1.54) is 32.1 Å². The third-order valence-corrected chi connectivity index (χ3v) is 3.76. The molecule has 4 nitrogen and oxygen atoms in total. The molecule has 0 bridgehead atoms. The van der Waals surface area contributed by atoms with Gasteiger partial charge in [-0.3, -0.25) is 4.98 Å². The first-order chi connectivity index (χ1) is 8.83. The van der Waals surface area contributed by atoms with Crippen molar-refractivity contribution < 1.29 is 0 Å². The maximum absolute atomic E-state index is 4.54. The zero-order valence-corrected chi connectivity index (χ0v) is 11.4. The van der Waals surface area contributed by atoms with E-state index in [0.717, 1.165) is 24.1 Å². The summed E-state index contributed by atoms with van der Waals surface area (Å²) >= 11 is 0. The zero-order valence-electron chi connectivity index (χ0n) is 11.4. The summed E-state index contributed by atoms with van der Waals surface area (Å²) < 4.78 is 0. The molecule has 0 aromatic carbocycles. The standard InChI is InChI=1S/C14H24N4/c1-3-11-7-5-6-8-12(11)17-14-10-15-9-13(18-14)16-4-2/h9-12H,3-8H2,1-2H3,(H2,16,17,18). The lowest BCUT2D eigenvalue weighted by Gasteiger charge is -2.31. The average molecular weight is 248 g/mol. The molecule has 2 atom stereocenters. The highest BCUT2D eigenvalue weighted by atomic mass is 15.1. The van der Waals surface area contributed by atoms with Crippen molar-refractivity contribution in [3.8, 4) is 0 Å². The molecule has 0 saturated heterocycles. The van der Waals surface area contributed by atoms with Crippen LogP contribution >= 0.6 is 0 Å². The first-order valence-corrected chi connectivity index (χ1v) is 7.16. The van der Waals surface area contributed by atoms with Crippen molar-refractivity contribution in [2.75, 3.05) is 17.2 Å². The minimum Gasteiger partial charge on any atom is -0.369 e. The van der Waals surface area contributed by atoms with E-state index in [1.807, 2.05) is 6.20 Å². The number of aromatic nitrogens is 2. The highest BCUT2D eigenvalue weighted by Crippen LogP contribution is 2.28. The fourth-order valence-electron chi connectivity index (χ4n) is 2.78. The highest BCUT2D eigenvalue weighted by Gasteiger charge is 2.23. The minimum atomic E-state index is 0.565. The molecule has 1 fully saturated rings. The zero-order chi connectivity index (χ0) is 12.8. The molecule has 1 saturated carbocycles. The second-order valence-electron chi connectivity index (χ2n) is 5.02. The van der Waals surface area contributed by atoms with E-state index in [9.17, 15) is 0 Å². The maximum atomic E-state index is 4.54. The van der Waals surface area contributed by atoms with Crippen molar-refractivity contribution in [3.05, 3.63) is 12.4 Å². The Morgan fingerprint density at radius 1 is 1.17 bits per heavy atom. The molecule has 1 heterocycles. The van der Waals surface area contributed by atoms with Gasteiger partial charge in [0.25, 0.3) is 0 Å². The summed E-state index contributed by atoms with van der Waals surface area (Å²) in [7, 11) is 0. The predicted molar refractivity (Wildman–Crippen MR) is 75.9 cm³/mol. The van der Waals surface area contributed by atoms with Gasteiger partial charge in [0.1, 0.15) is 11.6 Å². The van der Waals surface area contributed by atoms with Crippen LogP contribution in [0.4, 0.5) is 11.6 Å². The fourth-order valence-corrected chi connectivity index (χ4v) is 2.78. The average Bonchev–Trinajstić information content (AvgIpc) is 2.40. The Morgan fingerprint density at radius 2 is 1.94 bits per heavy atom. The number of nitrogens with one attached hydrogen (secondary N) is 2. The van der Waals surface area contributed by atoms with Gasteiger partial charge in [0.15, 0.2) is 0 Å². The largest absolute Gasteiger partial charge is 0.369 e. The van der Waals surface area contributed by atoms with Gasteiger partial charge >= 0.3 is 0 Å². The van der Waals surface area contributed by atoms with Crippen molar-refractivity contribution in [1.82, 2.24) is 9.97 Å². The van der Waals surface area contributed by atoms with E-state index in [0.29, 0.717) is 6.04 Å². The van der Waals surface area contributed by atoms with Gasteiger partial charge in [-0.1, -0.05) is 26.2 Å². The molecule has 0 spiro atoms. The third-order valence-electron chi connectivity index (χ3n) is 3.76. The van der Waals surface area contributed by atoms with Crippen LogP contribution in [0.3, 0.4) is 0 Å². The highest BCUT2D eigenvalue weighted by molar-refractivity contribution is 5.42. The summed E-state index contributed by atoms with van der Waals surface area (Å²) in [4.78, 5) is 8.77. The van der Waals surface area contributed by atoms with Crippen LogP contribution in [-0.2, 0) is 0 Å². The molecular formula is C14H24N4. The monoisotopic (exact) mass is 248 g/mol. The van der Waals surface area contributed by atoms with Crippen LogP contribution in [0.1, 0.15) is 46.0 Å². The lowest BCUT2D eigenvalue weighted by atomic mass is 9.83. The second-order valence-corrected chi connectivity index (χ2v) is 5.02. The summed E-state index contributed by atoms with van der Waals surface area (Å²) in [5.74, 6) is 2.54. The van der Waals surface area contributed by atoms with Crippen LogP contribution in [0.5, 0.6) is 0 Å². The van der Waals surface area contributed by atoms with Crippen LogP contribution in [0.25, 0.3) is 0 Å². The van der Waals surface area contributed by atoms with Crippen molar-refractivity contribution in [3.63, 3.8) is 0 Å². The molecule has 100 valence electrons. The third kappa shape index (κ3) is 3.34. The Morgan fingerprint density at radius 3 is 2.72 bits per heavy atom. The predicted octanol–water partition coefficient (Wildman–Crippen LogP) is 3.29. The molecule has 0 radical (unpaired) electrons. The molecule has 0 aliphatic heterocycles. The summed E-state index contributed by atoms with van der Waals surface area (Å²) in [6, 6.07) is 0.565. The van der Waals surface area contributed by atoms with E-state index in [4.69, 9.17) is 0 Å². The van der Waals surface area contributed by atoms with Gasteiger partial charge in [-0.2, -0.15) is 0 Å². The molecule has 2 unspecified atom stereocenters. The van der Waals surface area contributed by atoms with E-state index in [-0.39, 0.29) is 0 Å². The second kappa shape index (κ2) is 6.57. The first-order valence-electron chi connectivity index (χ1n) is 7.16. The molecule has 1 aromatic rings. The van der Waals surface area contributed by atoms with E-state index >= 15 is 0 Å². The molecule has 1 aliphatic carbocycles. The van der Waals surface area contributed by atoms with Crippen LogP contribution in [-0.4, -0.2) is 22.6 Å². The van der Waals surface area contributed by atoms with Crippen LogP contribution in [0.15, 0.2) is 12.4 Å². The Kier molecular flexibility index (Phi) is 4.79. The lowest BCUT2D eigenvalue weighted by Crippen LogP contribution is -2.32. The molecule has 18 heavy (non-hydrogen) atoms. The van der Waals surface area contributed by atoms with Crippen LogP contribution in [0, 0.1) is 5.92 Å². The molecule has 1 aromatic heterocycles. The maximum Gasteiger partial charge on any atom is 0.147 e. The minimum absolute atomic E-state index is 0.565. The molecule has 2 N–H and O–H groups in total. The van der Waals surface area contributed by atoms with Crippen molar-refractivity contribution in [2.24, 2.45) is 5.92 Å². The number of hydrogen-bond acceptors (Lipinski definition) is 4. The Hall–Kier alpha value is -1.32. The van der Waals surface area contributed by atoms with Crippen LogP contribution < -0.4 is 10.6 Å². The Balaban J connectivity index is 2.00. The summed E-state index contributed by atoms with van der Waals surface area (Å²) in [6.45, 7) is 5.22. The number of rotatable bonds is 5. The molecule has 2 rings (SSSR count). The Labute approximate surface area is 110 Å². The van der Waals surface area contributed by atoms with E-state index in [2.05, 4.69) is 34.4 Å². The van der Waals surface area contributed by atoms with Gasteiger partial charge in [-0.15, -0.1) is 0 Å². The fraction of sp³-hybridized carbons (Fsp3) is 0.714. The Bertz CT molecular complexity index is 367. The number of nitrogens with zero attached hydrogens (tertiary/aromatic N) is 2. The lowest BCUT2D eigenvalue weighted by molar-refractivity contribution is 0.317. The molecule has 0 amide bonds. The van der Waals surface area contributed by atoms with Gasteiger partial charge in [-0.05, 0) is 25.7 Å². The van der Waals surface area contributed by atoms with E-state index in [1.54, 1.807) is 6.20 Å². The first kappa shape index (κ1) is 13.1. The summed E-state index contributed by atoms with van der Waals surface area (Å²) in [5.41, 5.74) is 0. The van der Waals surface area contributed by atoms with E-state index < -0.39 is 0 Å². The smallest absolute Gasteiger partial charge is 0.147 e. The van der Waals surface area contributed by atoms with Gasteiger partial charge in [0.2, 0.25) is 0 Å². The molecular weight excluding hydrogens is 224 g/mol. The SMILES string of the molecule is CCNc1cncc(NC2CCCCC2CC)n1. The van der Waals surface area contributed by atoms with Gasteiger partial charge < -0.3 is 10.6 Å². The summed E-state index contributed by atoms with van der Waals surface area (Å²) in [5, 5.41) is 6.76. The normalized spacial score (nSPS) is 23.7. The molecule has 4 heteroatoms. The van der Waals surface area contributed by atoms with Crippen molar-refractivity contribution >= 4 is 11.6 Å². The van der Waals surface area contributed by atoms with Gasteiger partial charge in [0.05, 0.1) is 12.4 Å². The number of hydrogen-bond donors (Lipinski definition) is 2. The van der Waals surface area contributed by atoms with Crippen molar-refractivity contribution in [2.45, 2.75) is 52.0 Å². The summed E-state index contributed by atoms with van der Waals surface area (Å²) in [6.07, 6.45) is 10.1. The molecule has 1 aliphatic rings. The van der Waals surface area contributed by atoms with Gasteiger partial charge in [0, 0.05) is 12.6 Å². The number of anilines is 2. The topological polar surface area (TPSA) is 49.8 Å². The van der Waals surface area contributed by atoms with Crippen molar-refractivity contribution in [1.29, 1.82) is 0 Å².